The van der Waals surface area contributed by atoms with Gasteiger partial charge in [-0.25, -0.2) is 12.8 Å². The van der Waals surface area contributed by atoms with Crippen LogP contribution in [0.4, 0.5) is 4.39 Å². The first-order chi connectivity index (χ1) is 9.29. The quantitative estimate of drug-likeness (QED) is 0.857. The van der Waals surface area contributed by atoms with E-state index in [0.717, 1.165) is 25.3 Å². The van der Waals surface area contributed by atoms with Gasteiger partial charge in [-0.3, -0.25) is 4.79 Å². The number of carbonyl (C=O) groups excluding carboxylic acids is 1. The van der Waals surface area contributed by atoms with Crippen molar-refractivity contribution in [2.24, 2.45) is 5.92 Å². The zero-order valence-corrected chi connectivity index (χ0v) is 12.7. The zero-order chi connectivity index (χ0) is 14.9. The van der Waals surface area contributed by atoms with Gasteiger partial charge in [0.05, 0.1) is 15.5 Å². The van der Waals surface area contributed by atoms with Crippen LogP contribution < -0.4 is 5.32 Å². The molecular weight excluding hydrogens is 328 g/mol. The summed E-state index contributed by atoms with van der Waals surface area (Å²) in [5, 5.41) is 2.20. The molecule has 1 fully saturated rings. The zero-order valence-electron chi connectivity index (χ0n) is 10.3. The fourth-order valence-corrected chi connectivity index (χ4v) is 2.86. The van der Waals surface area contributed by atoms with Crippen molar-refractivity contribution < 1.29 is 17.6 Å². The highest BCUT2D eigenvalue weighted by atomic mass is 35.7. The van der Waals surface area contributed by atoms with Crippen LogP contribution in [0.2, 0.25) is 5.02 Å². The average Bonchev–Trinajstić information content (AvgIpc) is 2.28. The van der Waals surface area contributed by atoms with E-state index in [2.05, 4.69) is 5.32 Å². The van der Waals surface area contributed by atoms with Crippen LogP contribution in [0.15, 0.2) is 17.0 Å². The maximum atomic E-state index is 13.6. The Balaban J connectivity index is 2.24. The molecule has 1 aliphatic rings. The van der Waals surface area contributed by atoms with Crippen LogP contribution in [-0.2, 0) is 9.05 Å². The second-order valence-electron chi connectivity index (χ2n) is 4.71. The molecule has 0 heterocycles. The van der Waals surface area contributed by atoms with Gasteiger partial charge < -0.3 is 5.32 Å². The Labute approximate surface area is 125 Å². The van der Waals surface area contributed by atoms with Crippen LogP contribution in [0.3, 0.4) is 0 Å². The highest BCUT2D eigenvalue weighted by molar-refractivity contribution is 8.13. The number of halogens is 3. The molecule has 1 saturated carbocycles. The molecule has 20 heavy (non-hydrogen) atoms. The number of carbonyl (C=O) groups is 1. The molecule has 110 valence electrons. The van der Waals surface area contributed by atoms with Crippen molar-refractivity contribution in [1.29, 1.82) is 0 Å². The molecule has 0 radical (unpaired) electrons. The summed E-state index contributed by atoms with van der Waals surface area (Å²) in [7, 11) is 1.02. The Morgan fingerprint density at radius 2 is 2.05 bits per heavy atom. The van der Waals surface area contributed by atoms with Gasteiger partial charge in [0.1, 0.15) is 5.82 Å². The van der Waals surface area contributed by atoms with Crippen molar-refractivity contribution in [3.8, 4) is 0 Å². The molecule has 1 aromatic rings. The first-order valence-corrected chi connectivity index (χ1v) is 8.69. The summed E-state index contributed by atoms with van der Waals surface area (Å²) in [6.45, 7) is 0.467. The SMILES string of the molecule is O=C(NCC1CCC1)c1cc(S(=O)(=O)Cl)cc(F)c1Cl. The van der Waals surface area contributed by atoms with Crippen molar-refractivity contribution in [3.05, 3.63) is 28.5 Å². The maximum Gasteiger partial charge on any atom is 0.261 e. The van der Waals surface area contributed by atoms with Crippen LogP contribution in [0.25, 0.3) is 0 Å². The van der Waals surface area contributed by atoms with Gasteiger partial charge in [0.25, 0.3) is 15.0 Å². The lowest BCUT2D eigenvalue weighted by Gasteiger charge is -2.25. The summed E-state index contributed by atoms with van der Waals surface area (Å²) < 4.78 is 36.0. The summed E-state index contributed by atoms with van der Waals surface area (Å²) in [6.07, 6.45) is 3.22. The molecule has 0 atom stereocenters. The lowest BCUT2D eigenvalue weighted by molar-refractivity contribution is 0.0938. The molecule has 0 bridgehead atoms. The van der Waals surface area contributed by atoms with E-state index < -0.39 is 30.7 Å². The van der Waals surface area contributed by atoms with Gasteiger partial charge in [-0.05, 0) is 30.9 Å². The first-order valence-electron chi connectivity index (χ1n) is 6.01. The molecule has 1 aliphatic carbocycles. The molecule has 0 unspecified atom stereocenters. The second kappa shape index (κ2) is 5.87. The second-order valence-corrected chi connectivity index (χ2v) is 7.66. The third-order valence-corrected chi connectivity index (χ3v) is 5.02. The van der Waals surface area contributed by atoms with Crippen LogP contribution in [0.1, 0.15) is 29.6 Å². The Morgan fingerprint density at radius 1 is 1.40 bits per heavy atom. The lowest BCUT2D eigenvalue weighted by Crippen LogP contribution is -2.32. The molecule has 1 N–H and O–H groups in total. The fraction of sp³-hybridized carbons (Fsp3) is 0.417. The standard InChI is InChI=1S/C12H12Cl2FNO3S/c13-11-9(12(17)16-6-7-2-1-3-7)4-8(5-10(11)15)20(14,18)19/h4-5,7H,1-3,6H2,(H,16,17). The van der Waals surface area contributed by atoms with Gasteiger partial charge in [-0.1, -0.05) is 18.0 Å². The van der Waals surface area contributed by atoms with E-state index in [1.54, 1.807) is 0 Å². The number of hydrogen-bond acceptors (Lipinski definition) is 3. The van der Waals surface area contributed by atoms with Crippen molar-refractivity contribution in [3.63, 3.8) is 0 Å². The van der Waals surface area contributed by atoms with Crippen molar-refractivity contribution in [2.45, 2.75) is 24.2 Å². The predicted octanol–water partition coefficient (Wildman–Crippen LogP) is 2.94. The Bertz CT molecular complexity index is 644. The molecular formula is C12H12Cl2FNO3S. The van der Waals surface area contributed by atoms with E-state index in [9.17, 15) is 17.6 Å². The lowest BCUT2D eigenvalue weighted by atomic mass is 9.85. The third kappa shape index (κ3) is 3.42. The van der Waals surface area contributed by atoms with E-state index in [4.69, 9.17) is 22.3 Å². The largest absolute Gasteiger partial charge is 0.352 e. The van der Waals surface area contributed by atoms with Gasteiger partial charge in [-0.15, -0.1) is 0 Å². The average molecular weight is 340 g/mol. The first kappa shape index (κ1) is 15.5. The van der Waals surface area contributed by atoms with E-state index in [1.807, 2.05) is 0 Å². The predicted molar refractivity (Wildman–Crippen MR) is 74.1 cm³/mol. The molecule has 0 spiro atoms. The molecule has 0 aliphatic heterocycles. The fourth-order valence-electron chi connectivity index (χ4n) is 1.90. The van der Waals surface area contributed by atoms with Crippen LogP contribution >= 0.6 is 22.3 Å². The van der Waals surface area contributed by atoms with Crippen LogP contribution in [0, 0.1) is 11.7 Å². The van der Waals surface area contributed by atoms with Gasteiger partial charge in [0.2, 0.25) is 0 Å². The number of amides is 1. The van der Waals surface area contributed by atoms with Gasteiger partial charge >= 0.3 is 0 Å². The van der Waals surface area contributed by atoms with E-state index >= 15 is 0 Å². The Kier molecular flexibility index (Phi) is 4.56. The van der Waals surface area contributed by atoms with Gasteiger partial charge in [0.15, 0.2) is 0 Å². The summed E-state index contributed by atoms with van der Waals surface area (Å²) >= 11 is 5.70. The monoisotopic (exact) mass is 339 g/mol. The van der Waals surface area contributed by atoms with E-state index in [0.29, 0.717) is 18.5 Å². The third-order valence-electron chi connectivity index (χ3n) is 3.30. The highest BCUT2D eigenvalue weighted by Crippen LogP contribution is 2.27. The highest BCUT2D eigenvalue weighted by Gasteiger charge is 2.22. The number of hydrogen-bond donors (Lipinski definition) is 1. The molecule has 1 amide bonds. The summed E-state index contributed by atoms with van der Waals surface area (Å²) in [5.41, 5.74) is -0.231. The topological polar surface area (TPSA) is 63.2 Å². The summed E-state index contributed by atoms with van der Waals surface area (Å²) in [5.74, 6) is -1.19. The van der Waals surface area contributed by atoms with Crippen LogP contribution in [0.5, 0.6) is 0 Å². The minimum atomic E-state index is -4.13. The van der Waals surface area contributed by atoms with Crippen molar-refractivity contribution >= 4 is 37.2 Å². The van der Waals surface area contributed by atoms with Gasteiger partial charge in [-0.2, -0.15) is 0 Å². The summed E-state index contributed by atoms with van der Waals surface area (Å²) in [6, 6.07) is 1.66. The Morgan fingerprint density at radius 3 is 2.55 bits per heavy atom. The molecule has 2 rings (SSSR count). The van der Waals surface area contributed by atoms with E-state index in [-0.39, 0.29) is 5.56 Å². The molecule has 8 heteroatoms. The molecule has 1 aromatic carbocycles. The van der Waals surface area contributed by atoms with Gasteiger partial charge in [0, 0.05) is 17.2 Å². The van der Waals surface area contributed by atoms with Crippen molar-refractivity contribution in [2.75, 3.05) is 6.54 Å². The molecule has 0 aromatic heterocycles. The molecule has 0 saturated heterocycles. The number of benzene rings is 1. The normalized spacial score (nSPS) is 15.8. The smallest absolute Gasteiger partial charge is 0.261 e. The maximum absolute atomic E-state index is 13.6. The number of rotatable bonds is 4. The van der Waals surface area contributed by atoms with E-state index in [1.165, 1.54) is 0 Å². The Hall–Kier alpha value is -0.850. The minimum Gasteiger partial charge on any atom is -0.352 e. The minimum absolute atomic E-state index is 0.231. The summed E-state index contributed by atoms with van der Waals surface area (Å²) in [4.78, 5) is 11.5. The van der Waals surface area contributed by atoms with Crippen molar-refractivity contribution in [1.82, 2.24) is 5.32 Å². The number of nitrogens with one attached hydrogen (secondary N) is 1. The molecule has 4 nitrogen and oxygen atoms in total. The van der Waals surface area contributed by atoms with Crippen LogP contribution in [-0.4, -0.2) is 20.9 Å².